The first-order valence-corrected chi connectivity index (χ1v) is 8.41. The van der Waals surface area contributed by atoms with Crippen LogP contribution in [-0.4, -0.2) is 53.5 Å². The summed E-state index contributed by atoms with van der Waals surface area (Å²) in [6.07, 6.45) is 8.65. The molecule has 0 radical (unpaired) electrons. The van der Waals surface area contributed by atoms with Crippen LogP contribution < -0.4 is 5.32 Å². The van der Waals surface area contributed by atoms with E-state index in [0.29, 0.717) is 5.92 Å². The summed E-state index contributed by atoms with van der Waals surface area (Å²) in [4.78, 5) is 21.0. The minimum Gasteiger partial charge on any atom is -0.324 e. The van der Waals surface area contributed by atoms with Crippen LogP contribution in [-0.2, 0) is 0 Å². The molecule has 120 valence electrons. The van der Waals surface area contributed by atoms with Crippen molar-refractivity contribution in [3.8, 4) is 0 Å². The van der Waals surface area contributed by atoms with Gasteiger partial charge in [-0.15, -0.1) is 0 Å². The van der Waals surface area contributed by atoms with Gasteiger partial charge >= 0.3 is 6.03 Å². The molecule has 0 aromatic carbocycles. The summed E-state index contributed by atoms with van der Waals surface area (Å²) in [5.41, 5.74) is 1.86. The second-order valence-corrected chi connectivity index (χ2v) is 6.58. The third kappa shape index (κ3) is 3.77. The number of amides is 2. The Hall–Kier alpha value is -1.62. The summed E-state index contributed by atoms with van der Waals surface area (Å²) in [7, 11) is 0. The SMILES string of the molecule is Cc1cnccc1NC(=O)N1CC[C@@H](CN2CCCCC2)C1. The second kappa shape index (κ2) is 7.09. The number of aryl methyl sites for hydroxylation is 1. The van der Waals surface area contributed by atoms with E-state index in [1.165, 1.54) is 32.4 Å². The standard InChI is InChI=1S/C17H26N4O/c1-14-11-18-7-5-16(14)19-17(22)21-10-6-15(13-21)12-20-8-3-2-4-9-20/h5,7,11,15H,2-4,6,8-10,12-13H2,1H3,(H,18,19,22)/t15-/m0/s1. The molecule has 3 heterocycles. The van der Waals surface area contributed by atoms with E-state index < -0.39 is 0 Å². The van der Waals surface area contributed by atoms with E-state index in [0.717, 1.165) is 37.3 Å². The van der Waals surface area contributed by atoms with Crippen molar-refractivity contribution in [2.24, 2.45) is 5.92 Å². The summed E-state index contributed by atoms with van der Waals surface area (Å²) >= 11 is 0. The Kier molecular flexibility index (Phi) is 4.93. The van der Waals surface area contributed by atoms with Crippen molar-refractivity contribution in [1.29, 1.82) is 0 Å². The smallest absolute Gasteiger partial charge is 0.321 e. The zero-order valence-electron chi connectivity index (χ0n) is 13.4. The Morgan fingerprint density at radius 2 is 2.14 bits per heavy atom. The van der Waals surface area contributed by atoms with Crippen LogP contribution in [0.3, 0.4) is 0 Å². The molecule has 2 fully saturated rings. The topological polar surface area (TPSA) is 48.5 Å². The number of hydrogen-bond acceptors (Lipinski definition) is 3. The Balaban J connectivity index is 1.49. The molecular formula is C17H26N4O. The van der Waals surface area contributed by atoms with Gasteiger partial charge in [-0.3, -0.25) is 4.98 Å². The zero-order chi connectivity index (χ0) is 15.4. The summed E-state index contributed by atoms with van der Waals surface area (Å²) in [6.45, 7) is 7.34. The summed E-state index contributed by atoms with van der Waals surface area (Å²) in [6, 6.07) is 1.88. The zero-order valence-corrected chi connectivity index (χ0v) is 13.4. The monoisotopic (exact) mass is 302 g/mol. The molecule has 0 aliphatic carbocycles. The highest BCUT2D eigenvalue weighted by Gasteiger charge is 2.28. The third-order valence-electron chi connectivity index (χ3n) is 4.80. The maximum absolute atomic E-state index is 12.4. The molecule has 1 atom stereocenters. The molecule has 0 bridgehead atoms. The first-order valence-electron chi connectivity index (χ1n) is 8.41. The van der Waals surface area contributed by atoms with Crippen LogP contribution in [0.2, 0.25) is 0 Å². The Morgan fingerprint density at radius 1 is 1.32 bits per heavy atom. The average molecular weight is 302 g/mol. The van der Waals surface area contributed by atoms with Crippen molar-refractivity contribution >= 4 is 11.7 Å². The molecule has 0 saturated carbocycles. The number of anilines is 1. The van der Waals surface area contributed by atoms with E-state index in [4.69, 9.17) is 0 Å². The number of hydrogen-bond donors (Lipinski definition) is 1. The number of rotatable bonds is 3. The third-order valence-corrected chi connectivity index (χ3v) is 4.80. The van der Waals surface area contributed by atoms with Crippen LogP contribution in [0.25, 0.3) is 0 Å². The lowest BCUT2D eigenvalue weighted by Crippen LogP contribution is -2.37. The lowest BCUT2D eigenvalue weighted by atomic mass is 10.1. The number of carbonyl (C=O) groups excluding carboxylic acids is 1. The lowest BCUT2D eigenvalue weighted by Gasteiger charge is -2.29. The van der Waals surface area contributed by atoms with Crippen molar-refractivity contribution in [3.05, 3.63) is 24.0 Å². The minimum atomic E-state index is 0.0236. The average Bonchev–Trinajstić information content (AvgIpc) is 2.99. The maximum Gasteiger partial charge on any atom is 0.321 e. The molecular weight excluding hydrogens is 276 g/mol. The van der Waals surface area contributed by atoms with Gasteiger partial charge in [-0.25, -0.2) is 4.79 Å². The number of carbonyl (C=O) groups is 1. The van der Waals surface area contributed by atoms with Gasteiger partial charge in [0.05, 0.1) is 0 Å². The highest BCUT2D eigenvalue weighted by atomic mass is 16.2. The van der Waals surface area contributed by atoms with Gasteiger partial charge in [0.25, 0.3) is 0 Å². The summed E-state index contributed by atoms with van der Waals surface area (Å²) < 4.78 is 0. The van der Waals surface area contributed by atoms with Crippen LogP contribution in [0.4, 0.5) is 10.5 Å². The molecule has 1 aromatic heterocycles. The molecule has 0 unspecified atom stereocenters. The van der Waals surface area contributed by atoms with Crippen molar-refractivity contribution in [2.75, 3.05) is 38.0 Å². The van der Waals surface area contributed by atoms with Gasteiger partial charge in [0, 0.05) is 37.7 Å². The van der Waals surface area contributed by atoms with E-state index in [-0.39, 0.29) is 6.03 Å². The largest absolute Gasteiger partial charge is 0.324 e. The molecule has 2 saturated heterocycles. The van der Waals surface area contributed by atoms with Crippen molar-refractivity contribution in [1.82, 2.24) is 14.8 Å². The van der Waals surface area contributed by atoms with Crippen LogP contribution >= 0.6 is 0 Å². The summed E-state index contributed by atoms with van der Waals surface area (Å²) in [5, 5.41) is 3.01. The molecule has 2 amide bonds. The van der Waals surface area contributed by atoms with Crippen LogP contribution in [0, 0.1) is 12.8 Å². The van der Waals surface area contributed by atoms with E-state index >= 15 is 0 Å². The fourth-order valence-electron chi connectivity index (χ4n) is 3.48. The molecule has 22 heavy (non-hydrogen) atoms. The number of nitrogens with one attached hydrogen (secondary N) is 1. The molecule has 3 rings (SSSR count). The fourth-order valence-corrected chi connectivity index (χ4v) is 3.48. The summed E-state index contributed by atoms with van der Waals surface area (Å²) in [5.74, 6) is 0.627. The fraction of sp³-hybridized carbons (Fsp3) is 0.647. The second-order valence-electron chi connectivity index (χ2n) is 6.58. The van der Waals surface area contributed by atoms with E-state index in [2.05, 4.69) is 15.2 Å². The normalized spacial score (nSPS) is 22.8. The number of pyridine rings is 1. The van der Waals surface area contributed by atoms with E-state index in [1.54, 1.807) is 12.4 Å². The first kappa shape index (κ1) is 15.3. The highest BCUT2D eigenvalue weighted by molar-refractivity contribution is 5.90. The lowest BCUT2D eigenvalue weighted by molar-refractivity contribution is 0.192. The predicted octanol–water partition coefficient (Wildman–Crippen LogP) is 2.73. The number of nitrogens with zero attached hydrogens (tertiary/aromatic N) is 3. The molecule has 2 aliphatic heterocycles. The van der Waals surface area contributed by atoms with Gasteiger partial charge in [-0.05, 0) is 56.8 Å². The number of urea groups is 1. The Morgan fingerprint density at radius 3 is 2.91 bits per heavy atom. The van der Waals surface area contributed by atoms with Gasteiger partial charge in [0.15, 0.2) is 0 Å². The van der Waals surface area contributed by atoms with Crippen LogP contribution in [0.5, 0.6) is 0 Å². The molecule has 5 nitrogen and oxygen atoms in total. The number of likely N-dealkylation sites (tertiary alicyclic amines) is 2. The van der Waals surface area contributed by atoms with Crippen molar-refractivity contribution in [3.63, 3.8) is 0 Å². The minimum absolute atomic E-state index is 0.0236. The number of aromatic nitrogens is 1. The van der Waals surface area contributed by atoms with Crippen molar-refractivity contribution in [2.45, 2.75) is 32.6 Å². The quantitative estimate of drug-likeness (QED) is 0.934. The Bertz CT molecular complexity index is 513. The van der Waals surface area contributed by atoms with Gasteiger partial charge in [0.1, 0.15) is 0 Å². The maximum atomic E-state index is 12.4. The molecule has 0 spiro atoms. The predicted molar refractivity (Wildman–Crippen MR) is 88.0 cm³/mol. The van der Waals surface area contributed by atoms with E-state index in [9.17, 15) is 4.79 Å². The van der Waals surface area contributed by atoms with Gasteiger partial charge < -0.3 is 15.1 Å². The van der Waals surface area contributed by atoms with Gasteiger partial charge in [0.2, 0.25) is 0 Å². The molecule has 5 heteroatoms. The van der Waals surface area contributed by atoms with E-state index in [1.807, 2.05) is 17.9 Å². The van der Waals surface area contributed by atoms with Crippen LogP contribution in [0.1, 0.15) is 31.2 Å². The molecule has 2 aliphatic rings. The Labute approximate surface area is 132 Å². The molecule has 1 aromatic rings. The molecule has 1 N–H and O–H groups in total. The first-order chi connectivity index (χ1) is 10.7. The highest BCUT2D eigenvalue weighted by Crippen LogP contribution is 2.21. The van der Waals surface area contributed by atoms with Crippen LogP contribution in [0.15, 0.2) is 18.5 Å². The van der Waals surface area contributed by atoms with Gasteiger partial charge in [-0.2, -0.15) is 0 Å². The number of piperidine rings is 1. The van der Waals surface area contributed by atoms with Crippen molar-refractivity contribution < 1.29 is 4.79 Å². The van der Waals surface area contributed by atoms with Gasteiger partial charge in [-0.1, -0.05) is 6.42 Å².